The van der Waals surface area contributed by atoms with E-state index in [1.165, 1.54) is 6.07 Å². The van der Waals surface area contributed by atoms with Crippen molar-refractivity contribution in [2.45, 2.75) is 6.61 Å². The standard InChI is InChI=1S/C6H7FN2O3S/c7-5-1-2-6(9-3-5)4-12-13(8,10)11/h1-3H,4H2,(H2,8,10,11). The lowest BCUT2D eigenvalue weighted by molar-refractivity contribution is 0.304. The zero-order chi connectivity index (χ0) is 9.90. The minimum atomic E-state index is -3.97. The summed E-state index contributed by atoms with van der Waals surface area (Å²) in [5, 5.41) is 4.56. The van der Waals surface area contributed by atoms with Crippen LogP contribution >= 0.6 is 0 Å². The molecule has 5 nitrogen and oxygen atoms in total. The van der Waals surface area contributed by atoms with Crippen LogP contribution in [-0.2, 0) is 21.1 Å². The molecule has 72 valence electrons. The summed E-state index contributed by atoms with van der Waals surface area (Å²) in [5.74, 6) is -0.501. The maximum absolute atomic E-state index is 12.3. The van der Waals surface area contributed by atoms with Crippen LogP contribution in [-0.4, -0.2) is 13.4 Å². The minimum Gasteiger partial charge on any atom is -0.256 e. The van der Waals surface area contributed by atoms with Crippen LogP contribution in [0.1, 0.15) is 5.69 Å². The summed E-state index contributed by atoms with van der Waals surface area (Å²) >= 11 is 0. The van der Waals surface area contributed by atoms with Crippen molar-refractivity contribution in [3.05, 3.63) is 29.8 Å². The molecular formula is C6H7FN2O3S. The van der Waals surface area contributed by atoms with Crippen molar-refractivity contribution in [2.75, 3.05) is 0 Å². The Kier molecular flexibility index (Phi) is 2.91. The number of hydrogen-bond donors (Lipinski definition) is 1. The second-order valence-corrected chi connectivity index (χ2v) is 3.44. The first kappa shape index (κ1) is 10.0. The summed E-state index contributed by atoms with van der Waals surface area (Å²) in [6.07, 6.45) is 0.960. The van der Waals surface area contributed by atoms with Crippen molar-refractivity contribution in [1.82, 2.24) is 4.98 Å². The van der Waals surface area contributed by atoms with E-state index in [-0.39, 0.29) is 12.3 Å². The van der Waals surface area contributed by atoms with Crippen LogP contribution in [0.2, 0.25) is 0 Å². The molecule has 7 heteroatoms. The van der Waals surface area contributed by atoms with Crippen LogP contribution in [0.5, 0.6) is 0 Å². The number of pyridine rings is 1. The first-order chi connectivity index (χ1) is 5.97. The molecule has 0 aromatic carbocycles. The second-order valence-electron chi connectivity index (χ2n) is 2.22. The van der Waals surface area contributed by atoms with E-state index in [0.29, 0.717) is 0 Å². The smallest absolute Gasteiger partial charge is 0.256 e. The number of hydrogen-bond acceptors (Lipinski definition) is 4. The SMILES string of the molecule is NS(=O)(=O)OCc1ccc(F)cn1. The normalized spacial score (nSPS) is 11.5. The highest BCUT2D eigenvalue weighted by Crippen LogP contribution is 2.00. The van der Waals surface area contributed by atoms with Gasteiger partial charge in [0.25, 0.3) is 0 Å². The third-order valence-electron chi connectivity index (χ3n) is 1.16. The predicted octanol–water partition coefficient (Wildman–Crippen LogP) is -0.0592. The molecule has 1 aromatic heterocycles. The summed E-state index contributed by atoms with van der Waals surface area (Å²) in [5.41, 5.74) is 0.287. The van der Waals surface area contributed by atoms with E-state index >= 15 is 0 Å². The van der Waals surface area contributed by atoms with Crippen LogP contribution in [0.4, 0.5) is 4.39 Å². The number of rotatable bonds is 3. The Bertz CT molecular complexity index is 375. The summed E-state index contributed by atoms with van der Waals surface area (Å²) in [4.78, 5) is 3.56. The zero-order valence-electron chi connectivity index (χ0n) is 6.47. The molecule has 0 radical (unpaired) electrons. The van der Waals surface area contributed by atoms with Crippen molar-refractivity contribution in [3.8, 4) is 0 Å². The van der Waals surface area contributed by atoms with Gasteiger partial charge in [0.2, 0.25) is 0 Å². The van der Waals surface area contributed by atoms with Gasteiger partial charge < -0.3 is 0 Å². The molecule has 0 saturated carbocycles. The minimum absolute atomic E-state index is 0.287. The van der Waals surface area contributed by atoms with Gasteiger partial charge in [0.05, 0.1) is 11.9 Å². The lowest BCUT2D eigenvalue weighted by Gasteiger charge is -1.99. The molecule has 0 fully saturated rings. The Labute approximate surface area is 74.6 Å². The Morgan fingerprint density at radius 2 is 2.23 bits per heavy atom. The maximum atomic E-state index is 12.3. The second kappa shape index (κ2) is 3.77. The fraction of sp³-hybridized carbons (Fsp3) is 0.167. The highest BCUT2D eigenvalue weighted by molar-refractivity contribution is 7.84. The quantitative estimate of drug-likeness (QED) is 0.751. The first-order valence-electron chi connectivity index (χ1n) is 3.25. The molecule has 0 unspecified atom stereocenters. The fourth-order valence-corrected chi connectivity index (χ4v) is 0.919. The Morgan fingerprint density at radius 3 is 2.69 bits per heavy atom. The van der Waals surface area contributed by atoms with Gasteiger partial charge in [-0.15, -0.1) is 0 Å². The Morgan fingerprint density at radius 1 is 1.54 bits per heavy atom. The van der Waals surface area contributed by atoms with Gasteiger partial charge in [-0.3, -0.25) is 9.17 Å². The predicted molar refractivity (Wildman–Crippen MR) is 42.1 cm³/mol. The number of aromatic nitrogens is 1. The summed E-state index contributed by atoms with van der Waals surface area (Å²) in [7, 11) is -3.97. The van der Waals surface area contributed by atoms with E-state index in [1.54, 1.807) is 0 Å². The van der Waals surface area contributed by atoms with Gasteiger partial charge >= 0.3 is 10.3 Å². The molecule has 0 atom stereocenters. The van der Waals surface area contributed by atoms with Crippen molar-refractivity contribution in [3.63, 3.8) is 0 Å². The molecule has 0 aliphatic carbocycles. The van der Waals surface area contributed by atoms with Crippen molar-refractivity contribution < 1.29 is 17.0 Å². The number of halogens is 1. The van der Waals surface area contributed by atoms with Crippen LogP contribution in [0.25, 0.3) is 0 Å². The van der Waals surface area contributed by atoms with Crippen LogP contribution in [0.3, 0.4) is 0 Å². The fourth-order valence-electron chi connectivity index (χ4n) is 0.634. The highest BCUT2D eigenvalue weighted by Gasteiger charge is 2.03. The molecule has 0 aliphatic heterocycles. The van der Waals surface area contributed by atoms with E-state index in [1.807, 2.05) is 0 Å². The average molecular weight is 206 g/mol. The van der Waals surface area contributed by atoms with E-state index in [0.717, 1.165) is 12.3 Å². The van der Waals surface area contributed by atoms with Gasteiger partial charge in [-0.1, -0.05) is 0 Å². The molecule has 0 spiro atoms. The third-order valence-corrected chi connectivity index (χ3v) is 1.61. The van der Waals surface area contributed by atoms with Crippen LogP contribution in [0, 0.1) is 5.82 Å². The Hall–Kier alpha value is -1.05. The van der Waals surface area contributed by atoms with Crippen molar-refractivity contribution in [1.29, 1.82) is 0 Å². The van der Waals surface area contributed by atoms with Crippen molar-refractivity contribution >= 4 is 10.3 Å². The van der Waals surface area contributed by atoms with E-state index in [9.17, 15) is 12.8 Å². The van der Waals surface area contributed by atoms with Crippen LogP contribution < -0.4 is 5.14 Å². The molecule has 13 heavy (non-hydrogen) atoms. The van der Waals surface area contributed by atoms with Gasteiger partial charge in [-0.25, -0.2) is 9.53 Å². The number of nitrogens with zero attached hydrogens (tertiary/aromatic N) is 1. The zero-order valence-corrected chi connectivity index (χ0v) is 7.29. The first-order valence-corrected chi connectivity index (χ1v) is 4.72. The lowest BCUT2D eigenvalue weighted by Crippen LogP contribution is -2.15. The van der Waals surface area contributed by atoms with Crippen LogP contribution in [0.15, 0.2) is 18.3 Å². The number of nitrogens with two attached hydrogens (primary N) is 1. The molecule has 1 aromatic rings. The summed E-state index contributed by atoms with van der Waals surface area (Å²) < 4.78 is 37.2. The highest BCUT2D eigenvalue weighted by atomic mass is 32.2. The monoisotopic (exact) mass is 206 g/mol. The van der Waals surface area contributed by atoms with E-state index < -0.39 is 16.1 Å². The molecule has 0 bridgehead atoms. The van der Waals surface area contributed by atoms with Gasteiger partial charge in [-0.2, -0.15) is 8.42 Å². The molecular weight excluding hydrogens is 199 g/mol. The van der Waals surface area contributed by atoms with Gasteiger partial charge in [-0.05, 0) is 12.1 Å². The topological polar surface area (TPSA) is 82.3 Å². The molecule has 0 amide bonds. The lowest BCUT2D eigenvalue weighted by atomic mass is 10.4. The largest absolute Gasteiger partial charge is 0.333 e. The van der Waals surface area contributed by atoms with E-state index in [2.05, 4.69) is 14.3 Å². The molecule has 0 aliphatic rings. The van der Waals surface area contributed by atoms with Gasteiger partial charge in [0.15, 0.2) is 0 Å². The molecule has 2 N–H and O–H groups in total. The van der Waals surface area contributed by atoms with E-state index in [4.69, 9.17) is 0 Å². The maximum Gasteiger partial charge on any atom is 0.333 e. The Balaban J connectivity index is 2.61. The third kappa shape index (κ3) is 3.92. The molecule has 0 saturated heterocycles. The summed E-state index contributed by atoms with van der Waals surface area (Å²) in [6, 6.07) is 2.45. The average Bonchev–Trinajstić information content (AvgIpc) is 2.02. The van der Waals surface area contributed by atoms with Gasteiger partial charge in [0, 0.05) is 0 Å². The molecule has 1 rings (SSSR count). The van der Waals surface area contributed by atoms with Crippen molar-refractivity contribution in [2.24, 2.45) is 5.14 Å². The summed E-state index contributed by atoms with van der Waals surface area (Å²) in [6.45, 7) is -0.293. The van der Waals surface area contributed by atoms with Gasteiger partial charge in [0.1, 0.15) is 12.4 Å². The molecule has 1 heterocycles.